The molecule has 0 spiro atoms. The maximum atomic E-state index is 13.6. The molecule has 0 aliphatic heterocycles. The standard InChI is InChI=1S/C23H31N3O2/c1-8-17(9-2)20-13-16(6)26-21(20)23(27)25(14(3)4)22(24-26)19-11-10-18(28-7)12-15(19)5/h10-14,17H,8-9H2,1-7H3. The zero-order valence-corrected chi connectivity index (χ0v) is 18.0. The molecule has 0 radical (unpaired) electrons. The summed E-state index contributed by atoms with van der Waals surface area (Å²) in [6.45, 7) is 12.5. The average molecular weight is 382 g/mol. The van der Waals surface area contributed by atoms with Gasteiger partial charge in [-0.3, -0.25) is 9.36 Å². The van der Waals surface area contributed by atoms with Crippen LogP contribution in [0.15, 0.2) is 29.1 Å². The third-order valence-corrected chi connectivity index (χ3v) is 5.64. The summed E-state index contributed by atoms with van der Waals surface area (Å²) in [6.07, 6.45) is 2.02. The molecule has 1 aromatic carbocycles. The minimum atomic E-state index is 0.00580. The molecule has 0 fully saturated rings. The van der Waals surface area contributed by atoms with Crippen molar-refractivity contribution in [2.75, 3.05) is 7.11 Å². The summed E-state index contributed by atoms with van der Waals surface area (Å²) >= 11 is 0. The Morgan fingerprint density at radius 2 is 1.79 bits per heavy atom. The molecule has 0 atom stereocenters. The molecule has 5 nitrogen and oxygen atoms in total. The highest BCUT2D eigenvalue weighted by atomic mass is 16.5. The van der Waals surface area contributed by atoms with Crippen molar-refractivity contribution in [2.24, 2.45) is 0 Å². The van der Waals surface area contributed by atoms with Crippen molar-refractivity contribution in [3.8, 4) is 17.1 Å². The largest absolute Gasteiger partial charge is 0.497 e. The molecule has 0 aliphatic carbocycles. The fourth-order valence-electron chi connectivity index (χ4n) is 4.07. The van der Waals surface area contributed by atoms with Gasteiger partial charge < -0.3 is 4.74 Å². The summed E-state index contributed by atoms with van der Waals surface area (Å²) in [5.74, 6) is 1.86. The molecule has 0 unspecified atom stereocenters. The predicted octanol–water partition coefficient (Wildman–Crippen LogP) is 5.27. The quantitative estimate of drug-likeness (QED) is 0.584. The van der Waals surface area contributed by atoms with Crippen LogP contribution in [0.25, 0.3) is 16.9 Å². The van der Waals surface area contributed by atoms with E-state index in [9.17, 15) is 4.79 Å². The summed E-state index contributed by atoms with van der Waals surface area (Å²) < 4.78 is 9.01. The molecule has 28 heavy (non-hydrogen) atoms. The topological polar surface area (TPSA) is 48.5 Å². The van der Waals surface area contributed by atoms with Crippen molar-refractivity contribution in [1.82, 2.24) is 14.2 Å². The Hall–Kier alpha value is -2.56. The van der Waals surface area contributed by atoms with Gasteiger partial charge in [-0.05, 0) is 81.8 Å². The molecule has 2 heterocycles. The monoisotopic (exact) mass is 381 g/mol. The second-order valence-electron chi connectivity index (χ2n) is 7.79. The van der Waals surface area contributed by atoms with Crippen LogP contribution in [0.4, 0.5) is 0 Å². The van der Waals surface area contributed by atoms with Gasteiger partial charge in [0.2, 0.25) is 0 Å². The van der Waals surface area contributed by atoms with E-state index in [4.69, 9.17) is 9.84 Å². The Labute approximate surface area is 167 Å². The lowest BCUT2D eigenvalue weighted by Gasteiger charge is -2.19. The lowest BCUT2D eigenvalue weighted by Crippen LogP contribution is -2.28. The SMILES string of the molecule is CCC(CC)c1cc(C)n2nc(-c3ccc(OC)cc3C)n(C(C)C)c(=O)c12. The first kappa shape index (κ1) is 20.2. The van der Waals surface area contributed by atoms with Crippen molar-refractivity contribution in [2.45, 2.75) is 66.3 Å². The van der Waals surface area contributed by atoms with Gasteiger partial charge in [-0.2, -0.15) is 0 Å². The van der Waals surface area contributed by atoms with Crippen molar-refractivity contribution < 1.29 is 4.74 Å². The van der Waals surface area contributed by atoms with Crippen LogP contribution in [0, 0.1) is 13.8 Å². The van der Waals surface area contributed by atoms with Gasteiger partial charge in [0.1, 0.15) is 11.3 Å². The van der Waals surface area contributed by atoms with Gasteiger partial charge in [0.05, 0.1) is 7.11 Å². The Morgan fingerprint density at radius 1 is 1.11 bits per heavy atom. The number of methoxy groups -OCH3 is 1. The smallest absolute Gasteiger partial charge is 0.278 e. The van der Waals surface area contributed by atoms with Crippen LogP contribution in [0.5, 0.6) is 5.75 Å². The van der Waals surface area contributed by atoms with Crippen molar-refractivity contribution in [3.63, 3.8) is 0 Å². The van der Waals surface area contributed by atoms with Gasteiger partial charge in [-0.1, -0.05) is 13.8 Å². The molecule has 5 heteroatoms. The first-order valence-corrected chi connectivity index (χ1v) is 10.1. The molecular formula is C23H31N3O2. The van der Waals surface area contributed by atoms with Crippen LogP contribution in [0.2, 0.25) is 0 Å². The molecule has 0 amide bonds. The van der Waals surface area contributed by atoms with Gasteiger partial charge >= 0.3 is 0 Å². The van der Waals surface area contributed by atoms with Gasteiger partial charge in [0, 0.05) is 17.3 Å². The van der Waals surface area contributed by atoms with Crippen molar-refractivity contribution in [1.29, 1.82) is 0 Å². The van der Waals surface area contributed by atoms with Gasteiger partial charge in [-0.25, -0.2) is 4.52 Å². The van der Waals surface area contributed by atoms with Crippen LogP contribution in [-0.4, -0.2) is 21.3 Å². The minimum Gasteiger partial charge on any atom is -0.497 e. The highest BCUT2D eigenvalue weighted by Crippen LogP contribution is 2.31. The van der Waals surface area contributed by atoms with Crippen LogP contribution < -0.4 is 10.3 Å². The predicted molar refractivity (Wildman–Crippen MR) is 115 cm³/mol. The summed E-state index contributed by atoms with van der Waals surface area (Å²) in [5, 5.41) is 4.95. The molecular weight excluding hydrogens is 350 g/mol. The molecule has 3 rings (SSSR count). The van der Waals surface area contributed by atoms with Crippen molar-refractivity contribution >= 4 is 5.52 Å². The second-order valence-corrected chi connectivity index (χ2v) is 7.79. The van der Waals surface area contributed by atoms with E-state index in [1.165, 1.54) is 0 Å². The fraction of sp³-hybridized carbons (Fsp3) is 0.478. The summed E-state index contributed by atoms with van der Waals surface area (Å²) in [6, 6.07) is 8.03. The summed E-state index contributed by atoms with van der Waals surface area (Å²) in [7, 11) is 1.66. The van der Waals surface area contributed by atoms with E-state index in [2.05, 4.69) is 19.9 Å². The van der Waals surface area contributed by atoms with E-state index in [-0.39, 0.29) is 11.6 Å². The summed E-state index contributed by atoms with van der Waals surface area (Å²) in [5.41, 5.74) is 4.85. The first-order valence-electron chi connectivity index (χ1n) is 10.1. The molecule has 0 saturated carbocycles. The Kier molecular flexibility index (Phi) is 5.64. The maximum absolute atomic E-state index is 13.6. The molecule has 0 saturated heterocycles. The van der Waals surface area contributed by atoms with Gasteiger partial charge in [-0.15, -0.1) is 5.10 Å². The number of ether oxygens (including phenoxy) is 1. The van der Waals surface area contributed by atoms with E-state index in [0.717, 1.165) is 46.5 Å². The number of fused-ring (bicyclic) bond motifs is 1. The molecule has 3 aromatic rings. The Morgan fingerprint density at radius 3 is 2.32 bits per heavy atom. The first-order chi connectivity index (χ1) is 13.3. The van der Waals surface area contributed by atoms with E-state index in [1.54, 1.807) is 7.11 Å². The van der Waals surface area contributed by atoms with Gasteiger partial charge in [0.25, 0.3) is 5.56 Å². The third kappa shape index (κ3) is 3.23. The lowest BCUT2D eigenvalue weighted by molar-refractivity contribution is 0.414. The number of aromatic nitrogens is 3. The van der Waals surface area contributed by atoms with E-state index < -0.39 is 0 Å². The summed E-state index contributed by atoms with van der Waals surface area (Å²) in [4.78, 5) is 13.6. The number of rotatable bonds is 6. The van der Waals surface area contributed by atoms with E-state index >= 15 is 0 Å². The highest BCUT2D eigenvalue weighted by Gasteiger charge is 2.23. The van der Waals surface area contributed by atoms with E-state index in [0.29, 0.717) is 11.7 Å². The van der Waals surface area contributed by atoms with Crippen LogP contribution in [0.3, 0.4) is 0 Å². The molecule has 0 bridgehead atoms. The minimum absolute atomic E-state index is 0.00580. The number of hydrogen-bond acceptors (Lipinski definition) is 3. The number of nitrogens with zero attached hydrogens (tertiary/aromatic N) is 3. The van der Waals surface area contributed by atoms with Crippen LogP contribution in [0.1, 0.15) is 69.3 Å². The van der Waals surface area contributed by atoms with Gasteiger partial charge in [0.15, 0.2) is 5.82 Å². The Bertz CT molecular complexity index is 1060. The Balaban J connectivity index is 2.38. The fourth-order valence-corrected chi connectivity index (χ4v) is 4.07. The van der Waals surface area contributed by atoms with Crippen LogP contribution >= 0.6 is 0 Å². The maximum Gasteiger partial charge on any atom is 0.278 e. The molecule has 150 valence electrons. The number of aryl methyl sites for hydroxylation is 2. The molecule has 0 aliphatic rings. The zero-order chi connectivity index (χ0) is 20.6. The van der Waals surface area contributed by atoms with Crippen LogP contribution in [-0.2, 0) is 0 Å². The highest BCUT2D eigenvalue weighted by molar-refractivity contribution is 5.65. The number of benzene rings is 1. The normalized spacial score (nSPS) is 11.8. The van der Waals surface area contributed by atoms with Crippen molar-refractivity contribution in [3.05, 3.63) is 51.4 Å². The lowest BCUT2D eigenvalue weighted by atomic mass is 9.95. The zero-order valence-electron chi connectivity index (χ0n) is 18.0. The third-order valence-electron chi connectivity index (χ3n) is 5.64. The molecule has 0 N–H and O–H groups in total. The molecule has 2 aromatic heterocycles. The number of hydrogen-bond donors (Lipinski definition) is 0. The average Bonchev–Trinajstić information content (AvgIpc) is 2.99. The second kappa shape index (κ2) is 7.82. The van der Waals surface area contributed by atoms with E-state index in [1.807, 2.05) is 55.0 Å².